The van der Waals surface area contributed by atoms with Gasteiger partial charge in [-0.3, -0.25) is 0 Å². The normalized spacial score (nSPS) is 14.5. The van der Waals surface area contributed by atoms with E-state index in [1.807, 2.05) is 0 Å². The van der Waals surface area contributed by atoms with Crippen LogP contribution in [0.4, 0.5) is 0 Å². The van der Waals surface area contributed by atoms with Crippen molar-refractivity contribution in [2.45, 2.75) is 564 Å². The topological polar surface area (TPSA) is 0 Å². The van der Waals surface area contributed by atoms with Gasteiger partial charge in [0, 0.05) is 0 Å². The molecule has 0 bridgehead atoms. The van der Waals surface area contributed by atoms with Gasteiger partial charge in [0.2, 0.25) is 0 Å². The Kier molecular flexibility index (Phi) is 110. The van der Waals surface area contributed by atoms with Crippen LogP contribution in [0.1, 0.15) is 564 Å². The zero-order valence-corrected chi connectivity index (χ0v) is 91.0. The first-order valence-electron chi connectivity index (χ1n) is 53.2. The average Bonchev–Trinajstić information content (AvgIpc) is 1.05. The maximum absolute atomic E-state index is 4.06. The monoisotopic (exact) mass is 1680 g/mol. The molecule has 0 fully saturated rings. The Morgan fingerprint density at radius 3 is 0.725 bits per heavy atom. The van der Waals surface area contributed by atoms with E-state index < -0.39 is 0 Å². The van der Waals surface area contributed by atoms with Crippen LogP contribution in [0.2, 0.25) is 0 Å². The second kappa shape index (κ2) is 98.8. The van der Waals surface area contributed by atoms with Gasteiger partial charge in [0.25, 0.3) is 0 Å². The summed E-state index contributed by atoms with van der Waals surface area (Å²) < 4.78 is 0. The zero-order valence-electron chi connectivity index (χ0n) is 91.0. The van der Waals surface area contributed by atoms with Crippen LogP contribution in [0.25, 0.3) is 0 Å². The molecule has 0 saturated carbocycles. The summed E-state index contributed by atoms with van der Waals surface area (Å²) in [5.41, 5.74) is 10.6. The third-order valence-corrected chi connectivity index (χ3v) is 25.5. The van der Waals surface area contributed by atoms with Gasteiger partial charge in [0.05, 0.1) is 0 Å². The Morgan fingerprint density at radius 1 is 0.225 bits per heavy atom. The summed E-state index contributed by atoms with van der Waals surface area (Å²) in [6, 6.07) is 0. The average molecular weight is 1680 g/mol. The van der Waals surface area contributed by atoms with Crippen LogP contribution < -0.4 is 0 Å². The molecule has 0 aliphatic heterocycles. The molecule has 0 aromatic heterocycles. The van der Waals surface area contributed by atoms with E-state index in [1.165, 1.54) is 318 Å². The predicted molar refractivity (Wildman–Crippen MR) is 569 cm³/mol. The first-order valence-corrected chi connectivity index (χ1v) is 53.2. The minimum absolute atomic E-state index is 0.690. The van der Waals surface area contributed by atoms with Crippen LogP contribution in [-0.2, 0) is 0 Å². The van der Waals surface area contributed by atoms with Gasteiger partial charge >= 0.3 is 0 Å². The van der Waals surface area contributed by atoms with E-state index in [0.29, 0.717) is 11.8 Å². The Morgan fingerprint density at radius 2 is 0.442 bits per heavy atom. The lowest BCUT2D eigenvalue weighted by atomic mass is 9.93. The third kappa shape index (κ3) is 126. The summed E-state index contributed by atoms with van der Waals surface area (Å²) >= 11 is 0. The molecular weight excluding hydrogens is 1440 g/mol. The van der Waals surface area contributed by atoms with Gasteiger partial charge in [-0.1, -0.05) is 455 Å². The Labute approximate surface area is 767 Å². The van der Waals surface area contributed by atoms with E-state index in [9.17, 15) is 0 Å². The Hall–Kier alpha value is -2.34. The molecule has 11 atom stereocenters. The second-order valence-electron chi connectivity index (χ2n) is 43.2. The van der Waals surface area contributed by atoms with Gasteiger partial charge in [-0.25, -0.2) is 0 Å². The van der Waals surface area contributed by atoms with E-state index in [1.54, 1.807) is 22.3 Å². The highest BCUT2D eigenvalue weighted by Gasteiger charge is 2.11. The van der Waals surface area contributed by atoms with Gasteiger partial charge in [-0.2, -0.15) is 0 Å². The van der Waals surface area contributed by atoms with E-state index >= 15 is 0 Å². The number of hydrogen-bond donors (Lipinski definition) is 0. The fourth-order valence-corrected chi connectivity index (χ4v) is 14.4. The molecule has 0 N–H and O–H groups in total. The zero-order chi connectivity index (χ0) is 93.5. The van der Waals surface area contributed by atoms with Crippen LogP contribution >= 0.6 is 0 Å². The minimum atomic E-state index is 0.690. The maximum Gasteiger partial charge on any atom is -0.0265 e. The van der Waals surface area contributed by atoms with Crippen LogP contribution in [0.3, 0.4) is 0 Å². The summed E-state index contributed by atoms with van der Waals surface area (Å²) in [5.74, 6) is 14.8. The predicted octanol–water partition coefficient (Wildman–Crippen LogP) is 44.3. The molecule has 0 nitrogen and oxygen atoms in total. The Balaban J connectivity index is -0.000000199. The molecule has 0 heteroatoms. The Bertz CT molecular complexity index is 2260. The maximum atomic E-state index is 4.06. The van der Waals surface area contributed by atoms with Crippen molar-refractivity contribution in [3.63, 3.8) is 0 Å². The molecule has 0 rings (SSSR count). The van der Waals surface area contributed by atoms with Crippen LogP contribution in [0.15, 0.2) is 107 Å². The summed E-state index contributed by atoms with van der Waals surface area (Å²) in [7, 11) is 0. The summed E-state index contributed by atoms with van der Waals surface area (Å²) in [5, 5.41) is 0. The molecular formula is C120H238. The largest absolute Gasteiger partial charge is 0.103 e. The molecule has 0 heterocycles. The molecule has 0 aliphatic rings. The van der Waals surface area contributed by atoms with E-state index in [2.05, 4.69) is 325 Å². The molecule has 0 spiro atoms. The quantitative estimate of drug-likeness (QED) is 0.0533. The van der Waals surface area contributed by atoms with Gasteiger partial charge in [0.1, 0.15) is 0 Å². The van der Waals surface area contributed by atoms with Crippen molar-refractivity contribution >= 4 is 0 Å². The van der Waals surface area contributed by atoms with E-state index in [4.69, 9.17) is 0 Å². The fraction of sp³-hybridized carbons (Fsp3) is 0.850. The molecule has 718 valence electrons. The number of allylic oxidation sites excluding steroid dienone is 15. The summed E-state index contributed by atoms with van der Waals surface area (Å²) in [6.45, 7) is 96.6. The molecule has 11 unspecified atom stereocenters. The van der Waals surface area contributed by atoms with Gasteiger partial charge in [-0.15, -0.1) is 13.2 Å². The lowest BCUT2D eigenvalue weighted by Gasteiger charge is -2.13. The van der Waals surface area contributed by atoms with Crippen molar-refractivity contribution in [1.82, 2.24) is 0 Å². The molecule has 120 heavy (non-hydrogen) atoms. The molecule has 0 amide bonds. The lowest BCUT2D eigenvalue weighted by molar-refractivity contribution is 0.413. The lowest BCUT2D eigenvalue weighted by Crippen LogP contribution is -1.98. The summed E-state index contributed by atoms with van der Waals surface area (Å²) in [4.78, 5) is 0. The van der Waals surface area contributed by atoms with E-state index in [-0.39, 0.29) is 0 Å². The molecule has 0 aliphatic carbocycles. The highest BCUT2D eigenvalue weighted by molar-refractivity contribution is 5.00. The van der Waals surface area contributed by atoms with Crippen molar-refractivity contribution in [3.8, 4) is 0 Å². The van der Waals surface area contributed by atoms with Crippen LogP contribution in [0, 0.1) is 101 Å². The highest BCUT2D eigenvalue weighted by atomic mass is 14.2. The van der Waals surface area contributed by atoms with E-state index in [0.717, 1.165) is 95.2 Å². The number of hydrogen-bond acceptors (Lipinski definition) is 0. The van der Waals surface area contributed by atoms with Crippen molar-refractivity contribution in [2.75, 3.05) is 0 Å². The first-order chi connectivity index (χ1) is 56.5. The second-order valence-corrected chi connectivity index (χ2v) is 43.2. The number of rotatable bonds is 66. The van der Waals surface area contributed by atoms with Crippen LogP contribution in [0.5, 0.6) is 0 Å². The van der Waals surface area contributed by atoms with Gasteiger partial charge in [0.15, 0.2) is 0 Å². The minimum Gasteiger partial charge on any atom is -0.103 e. The third-order valence-electron chi connectivity index (χ3n) is 25.5. The standard InChI is InChI=1S/7C15H30.C15H28/c8*1-6-14(4)10-8-12-15(5)11-7-9-13(2)3/h12-14H,6-11H2,1-5H3;11,13-14H,6-10,12H2,1-5H3;10,13,15H,6-9,11-12H2,1-5H3;9,14-15H,6-8,10-12H2,1-5H3;6,13,15H,7-12H2,1-5H3;13,15H,4,6-12H2,1-3,5H3;6,13-15H,1,7-12H2,2-5H3;6,9,14-15H,1,7-8,10-12H2,2-5H3/b15-12+;15-11+;14-10+;;14-6+;;;. The van der Waals surface area contributed by atoms with Crippen molar-refractivity contribution in [1.29, 1.82) is 0 Å². The van der Waals surface area contributed by atoms with Crippen molar-refractivity contribution in [3.05, 3.63) is 107 Å². The SMILES string of the molecule is C/C=C(\C)CCCC(C)CCCC(C)C.C=C(CC)CCCC(C)CCCC(C)C.C=CC(C)CCCC(C)CCC=C(C)C.C=CC(C)CCCC(C)CCCC(C)C.CC/C(C)=C/CCC(C)CCCC(C)C.CCC(C)CC/C=C(\C)CCCC(C)C.CCC(C)CCC/C(C)=C/CCC(C)C.CCC(C)CCCC(C)CCC=C(C)C. The molecule has 0 aromatic carbocycles. The van der Waals surface area contributed by atoms with Crippen LogP contribution in [-0.4, -0.2) is 0 Å². The van der Waals surface area contributed by atoms with Gasteiger partial charge < -0.3 is 0 Å². The smallest absolute Gasteiger partial charge is 0.0265 e. The first kappa shape index (κ1) is 133. The summed E-state index contributed by atoms with van der Waals surface area (Å²) in [6.07, 6.45) is 83.3. The van der Waals surface area contributed by atoms with Crippen molar-refractivity contribution in [2.24, 2.45) is 101 Å². The van der Waals surface area contributed by atoms with Gasteiger partial charge in [-0.05, 0) is 304 Å². The molecule has 0 saturated heterocycles. The van der Waals surface area contributed by atoms with Crippen molar-refractivity contribution < 1.29 is 0 Å². The molecule has 0 aromatic rings. The fourth-order valence-electron chi connectivity index (χ4n) is 14.4. The highest BCUT2D eigenvalue weighted by Crippen LogP contribution is 2.26. The molecule has 0 radical (unpaired) electrons.